The lowest BCUT2D eigenvalue weighted by molar-refractivity contribution is 0.439. The van der Waals surface area contributed by atoms with Crippen molar-refractivity contribution in [2.45, 2.75) is 13.8 Å². The van der Waals surface area contributed by atoms with E-state index in [9.17, 15) is 0 Å². The molecule has 3 nitrogen and oxygen atoms in total. The molecule has 2 N–H and O–H groups in total. The minimum Gasteiger partial charge on any atom is -0.367 e. The molecule has 0 saturated carbocycles. The lowest BCUT2D eigenvalue weighted by Gasteiger charge is -2.05. The molecular formula is C15H13IN2OS. The van der Waals surface area contributed by atoms with Gasteiger partial charge in [0.2, 0.25) is 5.88 Å². The number of benzene rings is 1. The van der Waals surface area contributed by atoms with E-state index in [2.05, 4.69) is 71.2 Å². The van der Waals surface area contributed by atoms with Crippen LogP contribution in [0.3, 0.4) is 0 Å². The Bertz CT molecular complexity index is 776. The average molecular weight is 396 g/mol. The van der Waals surface area contributed by atoms with Gasteiger partial charge in [-0.3, -0.25) is 0 Å². The Morgan fingerprint density at radius 3 is 2.60 bits per heavy atom. The molecule has 0 radical (unpaired) electrons. The molecule has 0 amide bonds. The molecule has 0 unspecified atom stereocenters. The van der Waals surface area contributed by atoms with Crippen LogP contribution < -0.4 is 5.73 Å². The van der Waals surface area contributed by atoms with Crippen LogP contribution in [0.25, 0.3) is 22.4 Å². The fraction of sp³-hybridized carbons (Fsp3) is 0.133. The van der Waals surface area contributed by atoms with Crippen molar-refractivity contribution in [3.63, 3.8) is 0 Å². The summed E-state index contributed by atoms with van der Waals surface area (Å²) in [6.07, 6.45) is 0. The number of hydrogen-bond donors (Lipinski definition) is 1. The van der Waals surface area contributed by atoms with Gasteiger partial charge < -0.3 is 10.3 Å². The van der Waals surface area contributed by atoms with Crippen molar-refractivity contribution in [3.8, 4) is 22.4 Å². The molecule has 20 heavy (non-hydrogen) atoms. The van der Waals surface area contributed by atoms with Crippen molar-refractivity contribution in [3.05, 3.63) is 43.7 Å². The highest BCUT2D eigenvalue weighted by Gasteiger charge is 2.18. The molecule has 3 aromatic rings. The van der Waals surface area contributed by atoms with Gasteiger partial charge in [0.05, 0.1) is 8.45 Å². The predicted octanol–water partition coefficient (Wildman–Crippen LogP) is 4.87. The molecule has 0 bridgehead atoms. The zero-order valence-electron chi connectivity index (χ0n) is 11.1. The molecule has 0 atom stereocenters. The van der Waals surface area contributed by atoms with Gasteiger partial charge in [0.1, 0.15) is 5.69 Å². The molecule has 102 valence electrons. The molecule has 5 heteroatoms. The van der Waals surface area contributed by atoms with Crippen LogP contribution in [0, 0.1) is 16.7 Å². The van der Waals surface area contributed by atoms with E-state index in [1.165, 1.54) is 14.0 Å². The first-order chi connectivity index (χ1) is 9.56. The third-order valence-electron chi connectivity index (χ3n) is 3.35. The normalized spacial score (nSPS) is 10.9. The van der Waals surface area contributed by atoms with Crippen LogP contribution in [0.5, 0.6) is 0 Å². The van der Waals surface area contributed by atoms with E-state index in [0.717, 1.165) is 22.4 Å². The summed E-state index contributed by atoms with van der Waals surface area (Å²) >= 11 is 3.98. The minimum atomic E-state index is 0.365. The second kappa shape index (κ2) is 5.21. The number of aryl methyl sites for hydroxylation is 2. The zero-order chi connectivity index (χ0) is 14.3. The molecule has 2 heterocycles. The van der Waals surface area contributed by atoms with E-state index in [4.69, 9.17) is 10.3 Å². The highest BCUT2D eigenvalue weighted by molar-refractivity contribution is 14.1. The van der Waals surface area contributed by atoms with Crippen LogP contribution in [-0.2, 0) is 0 Å². The molecule has 0 aliphatic carbocycles. The second-order valence-corrected chi connectivity index (χ2v) is 7.51. The van der Waals surface area contributed by atoms with Crippen LogP contribution >= 0.6 is 33.9 Å². The summed E-state index contributed by atoms with van der Waals surface area (Å²) in [7, 11) is 0. The average Bonchev–Trinajstić information content (AvgIpc) is 2.99. The lowest BCUT2D eigenvalue weighted by atomic mass is 9.99. The van der Waals surface area contributed by atoms with Crippen LogP contribution in [0.4, 0.5) is 5.88 Å². The Hall–Kier alpha value is -1.34. The molecule has 3 rings (SSSR count). The monoisotopic (exact) mass is 396 g/mol. The Morgan fingerprint density at radius 2 is 1.95 bits per heavy atom. The molecule has 2 aromatic heterocycles. The fourth-order valence-corrected chi connectivity index (χ4v) is 3.44. The van der Waals surface area contributed by atoms with Gasteiger partial charge in [-0.25, -0.2) is 0 Å². The van der Waals surface area contributed by atoms with Crippen molar-refractivity contribution in [1.29, 1.82) is 0 Å². The highest BCUT2D eigenvalue weighted by Crippen LogP contribution is 2.38. The molecule has 0 spiro atoms. The van der Waals surface area contributed by atoms with E-state index in [-0.39, 0.29) is 0 Å². The second-order valence-electron chi connectivity index (χ2n) is 4.71. The maximum atomic E-state index is 5.98. The Balaban J connectivity index is 2.18. The topological polar surface area (TPSA) is 52.0 Å². The van der Waals surface area contributed by atoms with Gasteiger partial charge in [-0.1, -0.05) is 23.4 Å². The van der Waals surface area contributed by atoms with Crippen molar-refractivity contribution in [2.24, 2.45) is 0 Å². The van der Waals surface area contributed by atoms with Gasteiger partial charge in [-0.15, -0.1) is 11.3 Å². The number of aromatic nitrogens is 1. The van der Waals surface area contributed by atoms with Crippen molar-refractivity contribution in [1.82, 2.24) is 5.16 Å². The first-order valence-electron chi connectivity index (χ1n) is 6.13. The number of halogens is 1. The quantitative estimate of drug-likeness (QED) is 0.629. The summed E-state index contributed by atoms with van der Waals surface area (Å²) < 4.78 is 6.43. The van der Waals surface area contributed by atoms with Gasteiger partial charge in [0.25, 0.3) is 0 Å². The maximum Gasteiger partial charge on any atom is 0.230 e. The summed E-state index contributed by atoms with van der Waals surface area (Å²) in [6, 6.07) is 8.37. The molecule has 0 fully saturated rings. The summed E-state index contributed by atoms with van der Waals surface area (Å²) in [5, 5.41) is 6.20. The number of nitrogens with zero attached hydrogens (tertiary/aromatic N) is 1. The van der Waals surface area contributed by atoms with Gasteiger partial charge >= 0.3 is 0 Å². The van der Waals surface area contributed by atoms with Gasteiger partial charge in [-0.05, 0) is 59.2 Å². The Morgan fingerprint density at radius 1 is 1.15 bits per heavy atom. The standard InChI is InChI=1S/C15H13IN2OS/c1-8-3-4-10(5-9(8)2)13-14(18-19-15(13)17)11-6-12(16)20-7-11/h3-7H,17H2,1-2H3. The maximum absolute atomic E-state index is 5.98. The van der Waals surface area contributed by atoms with Crippen LogP contribution in [0.2, 0.25) is 0 Å². The van der Waals surface area contributed by atoms with E-state index < -0.39 is 0 Å². The van der Waals surface area contributed by atoms with Crippen molar-refractivity contribution >= 4 is 39.8 Å². The predicted molar refractivity (Wildman–Crippen MR) is 91.9 cm³/mol. The number of hydrogen-bond acceptors (Lipinski definition) is 4. The summed E-state index contributed by atoms with van der Waals surface area (Å²) in [6.45, 7) is 4.19. The molecule has 1 aromatic carbocycles. The van der Waals surface area contributed by atoms with Crippen molar-refractivity contribution in [2.75, 3.05) is 5.73 Å². The third-order valence-corrected chi connectivity index (χ3v) is 5.14. The summed E-state index contributed by atoms with van der Waals surface area (Å²) in [4.78, 5) is 0. The van der Waals surface area contributed by atoms with Crippen LogP contribution in [-0.4, -0.2) is 5.16 Å². The van der Waals surface area contributed by atoms with Gasteiger partial charge in [-0.2, -0.15) is 0 Å². The van der Waals surface area contributed by atoms with Crippen LogP contribution in [0.15, 0.2) is 34.2 Å². The van der Waals surface area contributed by atoms with Gasteiger partial charge in [0, 0.05) is 10.9 Å². The highest BCUT2D eigenvalue weighted by atomic mass is 127. The molecular weight excluding hydrogens is 383 g/mol. The largest absolute Gasteiger partial charge is 0.367 e. The van der Waals surface area contributed by atoms with E-state index in [1.807, 2.05) is 0 Å². The first-order valence-corrected chi connectivity index (χ1v) is 8.09. The zero-order valence-corrected chi connectivity index (χ0v) is 14.1. The molecule has 0 saturated heterocycles. The lowest BCUT2D eigenvalue weighted by Crippen LogP contribution is -1.89. The van der Waals surface area contributed by atoms with E-state index in [1.54, 1.807) is 11.3 Å². The number of rotatable bonds is 2. The van der Waals surface area contributed by atoms with Gasteiger partial charge in [0.15, 0.2) is 0 Å². The Kier molecular flexibility index (Phi) is 3.55. The molecule has 0 aliphatic heterocycles. The summed E-state index contributed by atoms with van der Waals surface area (Å²) in [5.41, 5.74) is 12.2. The number of nitrogen functional groups attached to an aromatic ring is 1. The first kappa shape index (κ1) is 13.6. The Labute approximate surface area is 134 Å². The molecule has 0 aliphatic rings. The number of anilines is 1. The third kappa shape index (κ3) is 2.35. The van der Waals surface area contributed by atoms with Crippen molar-refractivity contribution < 1.29 is 4.52 Å². The van der Waals surface area contributed by atoms with Crippen LogP contribution in [0.1, 0.15) is 11.1 Å². The SMILES string of the molecule is Cc1ccc(-c2c(-c3csc(I)c3)noc2N)cc1C. The minimum absolute atomic E-state index is 0.365. The number of nitrogens with two attached hydrogens (primary N) is 1. The van der Waals surface area contributed by atoms with E-state index in [0.29, 0.717) is 5.88 Å². The smallest absolute Gasteiger partial charge is 0.230 e. The number of thiophene rings is 1. The van der Waals surface area contributed by atoms with E-state index >= 15 is 0 Å². The fourth-order valence-electron chi connectivity index (χ4n) is 2.11. The summed E-state index contributed by atoms with van der Waals surface area (Å²) in [5.74, 6) is 0.365.